The van der Waals surface area contributed by atoms with E-state index >= 15 is 0 Å². The van der Waals surface area contributed by atoms with Crippen molar-refractivity contribution in [3.8, 4) is 0 Å². The van der Waals surface area contributed by atoms with E-state index in [2.05, 4.69) is 10.6 Å². The van der Waals surface area contributed by atoms with Gasteiger partial charge in [-0.2, -0.15) is 0 Å². The fraction of sp³-hybridized carbons (Fsp3) is 0.222. The van der Waals surface area contributed by atoms with Crippen molar-refractivity contribution < 1.29 is 14.3 Å². The van der Waals surface area contributed by atoms with Gasteiger partial charge >= 0.3 is 12.0 Å². The van der Waals surface area contributed by atoms with Crippen molar-refractivity contribution in [2.24, 2.45) is 0 Å². The fourth-order valence-corrected chi connectivity index (χ4v) is 2.06. The molecule has 0 aromatic heterocycles. The molecule has 0 saturated carbocycles. The van der Waals surface area contributed by atoms with E-state index in [0.717, 1.165) is 5.56 Å². The van der Waals surface area contributed by atoms with Crippen molar-refractivity contribution in [1.29, 1.82) is 0 Å². The number of benzene rings is 2. The number of hydrogen-bond acceptors (Lipinski definition) is 3. The second-order valence-electron chi connectivity index (χ2n) is 5.53. The van der Waals surface area contributed by atoms with Gasteiger partial charge in [0.1, 0.15) is 6.61 Å². The maximum atomic E-state index is 12.0. The van der Waals surface area contributed by atoms with Crippen LogP contribution in [0.15, 0.2) is 48.5 Å². The highest BCUT2D eigenvalue weighted by molar-refractivity contribution is 6.30. The third-order valence-corrected chi connectivity index (χ3v) is 3.33. The van der Waals surface area contributed by atoms with Crippen LogP contribution in [0.4, 0.5) is 10.5 Å². The molecule has 126 valence electrons. The summed E-state index contributed by atoms with van der Waals surface area (Å²) >= 11 is 5.81. The average Bonchev–Trinajstić information content (AvgIpc) is 2.54. The van der Waals surface area contributed by atoms with Crippen LogP contribution in [0.25, 0.3) is 0 Å². The van der Waals surface area contributed by atoms with Crippen molar-refractivity contribution in [2.45, 2.75) is 26.5 Å². The number of urea groups is 1. The lowest BCUT2D eigenvalue weighted by molar-refractivity contribution is 0.0473. The maximum Gasteiger partial charge on any atom is 0.338 e. The molecule has 6 heteroatoms. The molecule has 0 radical (unpaired) electrons. The normalized spacial score (nSPS) is 10.3. The van der Waals surface area contributed by atoms with E-state index in [1.807, 2.05) is 13.8 Å². The van der Waals surface area contributed by atoms with Crippen LogP contribution >= 0.6 is 11.6 Å². The molecule has 0 atom stereocenters. The van der Waals surface area contributed by atoms with Gasteiger partial charge in [-0.25, -0.2) is 9.59 Å². The maximum absolute atomic E-state index is 12.0. The largest absolute Gasteiger partial charge is 0.457 e. The van der Waals surface area contributed by atoms with Gasteiger partial charge in [0.2, 0.25) is 0 Å². The number of ether oxygens (including phenoxy) is 1. The molecule has 0 aliphatic carbocycles. The molecule has 0 saturated heterocycles. The molecule has 24 heavy (non-hydrogen) atoms. The van der Waals surface area contributed by atoms with Crippen LogP contribution in [-0.2, 0) is 11.3 Å². The quantitative estimate of drug-likeness (QED) is 0.796. The summed E-state index contributed by atoms with van der Waals surface area (Å²) < 4.78 is 5.25. The molecule has 2 N–H and O–H groups in total. The molecule has 0 heterocycles. The molecule has 0 spiro atoms. The van der Waals surface area contributed by atoms with Gasteiger partial charge in [0, 0.05) is 16.8 Å². The lowest BCUT2D eigenvalue weighted by atomic mass is 10.2. The van der Waals surface area contributed by atoms with Crippen LogP contribution in [-0.4, -0.2) is 18.0 Å². The standard InChI is InChI=1S/C18H19ClN2O3/c1-12(2)20-18(23)21-16-9-5-14(6-10-16)17(22)24-11-13-3-7-15(19)8-4-13/h3-10,12H,11H2,1-2H3,(H2,20,21,23). The summed E-state index contributed by atoms with van der Waals surface area (Å²) in [5, 5.41) is 6.04. The molecule has 2 aromatic rings. The lowest BCUT2D eigenvalue weighted by Gasteiger charge is -2.10. The molecule has 0 unspecified atom stereocenters. The van der Waals surface area contributed by atoms with Crippen LogP contribution < -0.4 is 10.6 Å². The van der Waals surface area contributed by atoms with Crippen molar-refractivity contribution in [1.82, 2.24) is 5.32 Å². The minimum atomic E-state index is -0.428. The van der Waals surface area contributed by atoms with Gasteiger partial charge in [-0.1, -0.05) is 23.7 Å². The minimum Gasteiger partial charge on any atom is -0.457 e. The summed E-state index contributed by atoms with van der Waals surface area (Å²) in [5.74, 6) is -0.428. The monoisotopic (exact) mass is 346 g/mol. The highest BCUT2D eigenvalue weighted by atomic mass is 35.5. The van der Waals surface area contributed by atoms with Crippen LogP contribution in [0.2, 0.25) is 5.02 Å². The number of carbonyl (C=O) groups excluding carboxylic acids is 2. The molecule has 0 bridgehead atoms. The Kier molecular flexibility index (Phi) is 6.21. The van der Waals surface area contributed by atoms with E-state index in [1.54, 1.807) is 48.5 Å². The molecule has 2 rings (SSSR count). The van der Waals surface area contributed by atoms with E-state index in [-0.39, 0.29) is 18.7 Å². The highest BCUT2D eigenvalue weighted by Gasteiger charge is 2.09. The predicted octanol–water partition coefficient (Wildman–Crippen LogP) is 4.23. The Morgan fingerprint density at radius 2 is 1.67 bits per heavy atom. The van der Waals surface area contributed by atoms with Crippen molar-refractivity contribution in [3.05, 3.63) is 64.7 Å². The van der Waals surface area contributed by atoms with Gasteiger partial charge in [-0.15, -0.1) is 0 Å². The molecule has 0 aliphatic heterocycles. The Morgan fingerprint density at radius 3 is 2.25 bits per heavy atom. The van der Waals surface area contributed by atoms with Crippen LogP contribution in [0.3, 0.4) is 0 Å². The number of rotatable bonds is 5. The third-order valence-electron chi connectivity index (χ3n) is 3.08. The topological polar surface area (TPSA) is 67.4 Å². The molecule has 5 nitrogen and oxygen atoms in total. The molecule has 2 aromatic carbocycles. The molecule has 0 aliphatic rings. The number of anilines is 1. The first-order valence-corrected chi connectivity index (χ1v) is 7.91. The first-order valence-electron chi connectivity index (χ1n) is 7.53. The Bertz CT molecular complexity index is 697. The van der Waals surface area contributed by atoms with E-state index < -0.39 is 5.97 Å². The highest BCUT2D eigenvalue weighted by Crippen LogP contribution is 2.13. The van der Waals surface area contributed by atoms with Crippen LogP contribution in [0, 0.1) is 0 Å². The summed E-state index contributed by atoms with van der Waals surface area (Å²) in [4.78, 5) is 23.6. The first kappa shape index (κ1) is 17.8. The molecular weight excluding hydrogens is 328 g/mol. The number of esters is 1. The number of halogens is 1. The lowest BCUT2D eigenvalue weighted by Crippen LogP contribution is -2.34. The van der Waals surface area contributed by atoms with Gasteiger partial charge in [-0.3, -0.25) is 0 Å². The summed E-state index contributed by atoms with van der Waals surface area (Å²) in [6.45, 7) is 3.92. The van der Waals surface area contributed by atoms with Gasteiger partial charge in [0.25, 0.3) is 0 Å². The molecule has 2 amide bonds. The fourth-order valence-electron chi connectivity index (χ4n) is 1.93. The first-order chi connectivity index (χ1) is 11.4. The van der Waals surface area contributed by atoms with E-state index in [9.17, 15) is 9.59 Å². The zero-order chi connectivity index (χ0) is 17.5. The van der Waals surface area contributed by atoms with E-state index in [0.29, 0.717) is 16.3 Å². The zero-order valence-electron chi connectivity index (χ0n) is 13.5. The summed E-state index contributed by atoms with van der Waals surface area (Å²) in [7, 11) is 0. The van der Waals surface area contributed by atoms with Crippen LogP contribution in [0.1, 0.15) is 29.8 Å². The summed E-state index contributed by atoms with van der Waals surface area (Å²) in [6.07, 6.45) is 0. The Balaban J connectivity index is 1.88. The second kappa shape index (κ2) is 8.36. The van der Waals surface area contributed by atoms with Crippen molar-refractivity contribution in [3.63, 3.8) is 0 Å². The second-order valence-corrected chi connectivity index (χ2v) is 5.97. The van der Waals surface area contributed by atoms with Gasteiger partial charge < -0.3 is 15.4 Å². The SMILES string of the molecule is CC(C)NC(=O)Nc1ccc(C(=O)OCc2ccc(Cl)cc2)cc1. The number of nitrogens with one attached hydrogen (secondary N) is 2. The van der Waals surface area contributed by atoms with Crippen molar-refractivity contribution in [2.75, 3.05) is 5.32 Å². The zero-order valence-corrected chi connectivity index (χ0v) is 14.3. The molecule has 0 fully saturated rings. The van der Waals surface area contributed by atoms with E-state index in [4.69, 9.17) is 16.3 Å². The number of carbonyl (C=O) groups is 2. The molecular formula is C18H19ClN2O3. The average molecular weight is 347 g/mol. The predicted molar refractivity (Wildman–Crippen MR) is 94.3 cm³/mol. The Morgan fingerprint density at radius 1 is 1.04 bits per heavy atom. The number of amides is 2. The van der Waals surface area contributed by atoms with Crippen molar-refractivity contribution >= 4 is 29.3 Å². The van der Waals surface area contributed by atoms with Crippen LogP contribution in [0.5, 0.6) is 0 Å². The van der Waals surface area contributed by atoms with E-state index in [1.165, 1.54) is 0 Å². The third kappa shape index (κ3) is 5.59. The minimum absolute atomic E-state index is 0.0483. The smallest absolute Gasteiger partial charge is 0.338 e. The summed E-state index contributed by atoms with van der Waals surface area (Å²) in [5.41, 5.74) is 1.87. The Labute approximate surface area is 146 Å². The van der Waals surface area contributed by atoms with Gasteiger partial charge in [0.15, 0.2) is 0 Å². The Hall–Kier alpha value is -2.53. The summed E-state index contributed by atoms with van der Waals surface area (Å²) in [6, 6.07) is 13.4. The van der Waals surface area contributed by atoms with Gasteiger partial charge in [-0.05, 0) is 55.8 Å². The number of hydrogen-bond donors (Lipinski definition) is 2. The van der Waals surface area contributed by atoms with Gasteiger partial charge in [0.05, 0.1) is 5.56 Å².